The summed E-state index contributed by atoms with van der Waals surface area (Å²) < 4.78 is 6.13. The third-order valence-electron chi connectivity index (χ3n) is 9.86. The van der Waals surface area contributed by atoms with Gasteiger partial charge in [0.25, 0.3) is 0 Å². The number of ether oxygens (including phenoxy) is 1. The first-order chi connectivity index (χ1) is 16.8. The van der Waals surface area contributed by atoms with Gasteiger partial charge >= 0.3 is 5.97 Å². The molecular weight excluding hydrogens is 781 g/mol. The number of fused-ring (bicyclic) bond motifs is 7. The van der Waals surface area contributed by atoms with Crippen molar-refractivity contribution in [1.29, 1.82) is 0 Å². The summed E-state index contributed by atoms with van der Waals surface area (Å²) in [6.45, 7) is 7.70. The van der Waals surface area contributed by atoms with E-state index in [2.05, 4.69) is 74.4 Å². The number of carbonyl (C=O) groups is 2. The number of aliphatic hydroxyl groups excluding tert-OH is 1. The number of carbonyl (C=O) groups excluding carboxylic acids is 2. The van der Waals surface area contributed by atoms with E-state index in [-0.39, 0.29) is 30.9 Å². The lowest BCUT2D eigenvalue weighted by molar-refractivity contribution is -0.162. The van der Waals surface area contributed by atoms with Gasteiger partial charge in [0.1, 0.15) is 6.10 Å². The molecule has 0 saturated heterocycles. The van der Waals surface area contributed by atoms with Crippen LogP contribution in [0.1, 0.15) is 65.2 Å². The van der Waals surface area contributed by atoms with Gasteiger partial charge in [0.05, 0.1) is 6.61 Å². The molecule has 0 aromatic heterocycles. The molecule has 0 spiro atoms. The van der Waals surface area contributed by atoms with E-state index in [0.717, 1.165) is 38.0 Å². The molecule has 5 fully saturated rings. The molecule has 6 aliphatic rings. The van der Waals surface area contributed by atoms with Crippen molar-refractivity contribution in [2.24, 2.45) is 40.9 Å². The number of halogens is 3. The molecular formula is C28H39I3O4. The van der Waals surface area contributed by atoms with Crippen LogP contribution in [0.5, 0.6) is 0 Å². The van der Waals surface area contributed by atoms with Crippen molar-refractivity contribution in [3.05, 3.63) is 24.3 Å². The molecule has 4 nitrogen and oxygen atoms in total. The molecule has 7 heteroatoms. The van der Waals surface area contributed by atoms with Crippen molar-refractivity contribution in [3.8, 4) is 0 Å². The average Bonchev–Trinajstić information content (AvgIpc) is 3.80. The maximum absolute atomic E-state index is 12.3. The lowest BCUT2D eigenvalue weighted by Crippen LogP contribution is -2.67. The predicted octanol–water partition coefficient (Wildman–Crippen LogP) is 6.88. The summed E-state index contributed by atoms with van der Waals surface area (Å²) >= 11 is 7.71. The molecule has 35 heavy (non-hydrogen) atoms. The Hall–Kier alpha value is 0.770. The van der Waals surface area contributed by atoms with Crippen LogP contribution in [-0.4, -0.2) is 41.3 Å². The lowest BCUT2D eigenvalue weighted by atomic mass is 9.47. The monoisotopic (exact) mass is 820 g/mol. The van der Waals surface area contributed by atoms with E-state index in [1.807, 2.05) is 24.9 Å². The van der Waals surface area contributed by atoms with Gasteiger partial charge in [-0.05, 0) is 85.5 Å². The van der Waals surface area contributed by atoms with Gasteiger partial charge in [-0.25, -0.2) is 4.79 Å². The van der Waals surface area contributed by atoms with Gasteiger partial charge in [0.15, 0.2) is 5.78 Å². The summed E-state index contributed by atoms with van der Waals surface area (Å²) in [5, 5.41) is 10.8. The van der Waals surface area contributed by atoms with Crippen molar-refractivity contribution in [1.82, 2.24) is 0 Å². The third-order valence-corrected chi connectivity index (χ3v) is 14.1. The maximum Gasteiger partial charge on any atom is 0.330 e. The van der Waals surface area contributed by atoms with E-state index in [4.69, 9.17) is 4.74 Å². The quantitative estimate of drug-likeness (QED) is 0.146. The average molecular weight is 820 g/mol. The second kappa shape index (κ2) is 10.7. The van der Waals surface area contributed by atoms with Crippen LogP contribution in [0.2, 0.25) is 0 Å². The largest absolute Gasteiger partial charge is 0.458 e. The highest BCUT2D eigenvalue weighted by molar-refractivity contribution is 14.1. The third kappa shape index (κ3) is 4.34. The minimum Gasteiger partial charge on any atom is -0.458 e. The summed E-state index contributed by atoms with van der Waals surface area (Å²) in [7, 11) is 0. The molecule has 0 aromatic carbocycles. The van der Waals surface area contributed by atoms with Crippen LogP contribution in [0.3, 0.4) is 0 Å². The SMILES string of the molecule is C=CC(=O)OC1C2CC2C2C1(CO)CCC1C3(I)CCC(=O)C=C3CC(C3CC3)C12I.CC.CI. The molecule has 0 bridgehead atoms. The van der Waals surface area contributed by atoms with Gasteiger partial charge < -0.3 is 9.84 Å². The van der Waals surface area contributed by atoms with Gasteiger partial charge in [-0.15, -0.1) is 0 Å². The maximum atomic E-state index is 12.3. The van der Waals surface area contributed by atoms with Gasteiger partial charge in [-0.2, -0.15) is 0 Å². The second-order valence-corrected chi connectivity index (χ2v) is 14.9. The second-order valence-electron chi connectivity index (χ2n) is 11.1. The molecule has 0 amide bonds. The highest BCUT2D eigenvalue weighted by atomic mass is 127. The normalized spacial score (nSPS) is 46.6. The van der Waals surface area contributed by atoms with Gasteiger partial charge in [-0.3, -0.25) is 4.79 Å². The highest BCUT2D eigenvalue weighted by Crippen LogP contribution is 2.79. The van der Waals surface area contributed by atoms with Crippen molar-refractivity contribution < 1.29 is 19.4 Å². The minimum absolute atomic E-state index is 0.0557. The number of hydrogen-bond donors (Lipinski definition) is 1. The van der Waals surface area contributed by atoms with Crippen molar-refractivity contribution in [2.45, 2.75) is 78.2 Å². The summed E-state index contributed by atoms with van der Waals surface area (Å²) in [6.07, 6.45) is 11.4. The smallest absolute Gasteiger partial charge is 0.330 e. The zero-order chi connectivity index (χ0) is 25.8. The number of rotatable bonds is 4. The molecule has 6 aliphatic carbocycles. The number of esters is 1. The highest BCUT2D eigenvalue weighted by Gasteiger charge is 2.79. The molecule has 6 rings (SSSR count). The Labute approximate surface area is 251 Å². The molecule has 0 aromatic rings. The summed E-state index contributed by atoms with van der Waals surface area (Å²) in [5.41, 5.74) is 1.07. The molecule has 9 unspecified atom stereocenters. The Bertz CT molecular complexity index is 901. The van der Waals surface area contributed by atoms with Gasteiger partial charge in [0.2, 0.25) is 0 Å². The molecule has 1 N–H and O–H groups in total. The lowest BCUT2D eigenvalue weighted by Gasteiger charge is -2.65. The number of hydrogen-bond acceptors (Lipinski definition) is 4. The topological polar surface area (TPSA) is 63.6 Å². The zero-order valence-electron chi connectivity index (χ0n) is 21.1. The molecule has 5 saturated carbocycles. The van der Waals surface area contributed by atoms with Crippen LogP contribution in [0.15, 0.2) is 24.3 Å². The Kier molecular flexibility index (Phi) is 8.83. The predicted molar refractivity (Wildman–Crippen MR) is 165 cm³/mol. The number of aliphatic hydroxyl groups is 1. The Morgan fingerprint density at radius 2 is 1.89 bits per heavy atom. The summed E-state index contributed by atoms with van der Waals surface area (Å²) in [5.74, 6) is 3.08. The molecule has 0 radical (unpaired) electrons. The fourth-order valence-corrected chi connectivity index (χ4v) is 13.2. The van der Waals surface area contributed by atoms with Crippen molar-refractivity contribution >= 4 is 79.5 Å². The van der Waals surface area contributed by atoms with Crippen LogP contribution in [-0.2, 0) is 14.3 Å². The van der Waals surface area contributed by atoms with E-state index in [9.17, 15) is 14.7 Å². The summed E-state index contributed by atoms with van der Waals surface area (Å²) in [4.78, 5) is 26.5. The van der Waals surface area contributed by atoms with Crippen LogP contribution in [0.4, 0.5) is 0 Å². The van der Waals surface area contributed by atoms with E-state index in [1.54, 1.807) is 0 Å². The van der Waals surface area contributed by atoms with Crippen LogP contribution < -0.4 is 0 Å². The van der Waals surface area contributed by atoms with E-state index < -0.39 is 0 Å². The number of alkyl halides is 3. The van der Waals surface area contributed by atoms with E-state index in [0.29, 0.717) is 41.8 Å². The zero-order valence-corrected chi connectivity index (χ0v) is 27.5. The number of allylic oxidation sites excluding steroid dienone is 1. The van der Waals surface area contributed by atoms with Crippen LogP contribution in [0.25, 0.3) is 0 Å². The Morgan fingerprint density at radius 3 is 2.49 bits per heavy atom. The first-order valence-corrected chi connectivity index (χ1v) is 17.5. The Morgan fingerprint density at radius 1 is 1.20 bits per heavy atom. The molecule has 9 atom stereocenters. The first kappa shape index (κ1) is 28.8. The first-order valence-electron chi connectivity index (χ1n) is 13.2. The van der Waals surface area contributed by atoms with Gasteiger partial charge in [0, 0.05) is 30.7 Å². The number of ketones is 1. The molecule has 196 valence electrons. The fraction of sp³-hybridized carbons (Fsp3) is 0.786. The summed E-state index contributed by atoms with van der Waals surface area (Å²) in [6, 6.07) is 0. The van der Waals surface area contributed by atoms with Crippen LogP contribution >= 0.6 is 67.8 Å². The standard InChI is InChI=1S/C25H30I2O4.C2H6.CH3I/c1-2-20(30)31-22-17-11-16(17)21-23(22,12-28)7-6-19-24(26)8-5-15(29)9-14(24)10-18(13-3-4-13)25(19,21)27;2*1-2/h2,9,13,16-19,21-22,28H,1,3-8,10-12H2;1-2H3;1H3. The fourth-order valence-electron chi connectivity index (χ4n) is 8.53. The van der Waals surface area contributed by atoms with Crippen LogP contribution in [0, 0.1) is 40.9 Å². The van der Waals surface area contributed by atoms with Gasteiger partial charge in [-0.1, -0.05) is 93.8 Å². The Balaban J connectivity index is 0.000000689. The molecule has 0 heterocycles. The minimum atomic E-state index is -0.350. The van der Waals surface area contributed by atoms with E-state index in [1.165, 1.54) is 24.5 Å². The van der Waals surface area contributed by atoms with E-state index >= 15 is 0 Å². The van der Waals surface area contributed by atoms with Crippen molar-refractivity contribution in [2.75, 3.05) is 11.5 Å². The molecule has 0 aliphatic heterocycles. The van der Waals surface area contributed by atoms with Crippen molar-refractivity contribution in [3.63, 3.8) is 0 Å².